The van der Waals surface area contributed by atoms with Crippen molar-refractivity contribution >= 4 is 27.2 Å². The molecule has 12 nitrogen and oxygen atoms in total. The maximum atomic E-state index is 10.9. The van der Waals surface area contributed by atoms with Gasteiger partial charge < -0.3 is 20.7 Å². The molecule has 0 amide bonds. The van der Waals surface area contributed by atoms with E-state index < -0.39 is 41.5 Å². The number of hydrogen-bond donors (Lipinski definition) is 4. The molecule has 1 aliphatic rings. The van der Waals surface area contributed by atoms with E-state index in [0.717, 1.165) is 0 Å². The van der Waals surface area contributed by atoms with Crippen molar-refractivity contribution in [2.75, 3.05) is 12.3 Å². The number of ether oxygens (including phenoxy) is 1. The van der Waals surface area contributed by atoms with Gasteiger partial charge in [-0.25, -0.2) is 19.8 Å². The molecule has 1 unspecified atom stereocenters. The van der Waals surface area contributed by atoms with E-state index in [1.165, 1.54) is 11.0 Å². The molecule has 2 aromatic heterocycles. The maximum absolute atomic E-state index is 10.9. The first-order chi connectivity index (χ1) is 11.2. The first-order valence-corrected chi connectivity index (χ1v) is 8.30. The third-order valence-electron chi connectivity index (χ3n) is 3.67. The van der Waals surface area contributed by atoms with Crippen LogP contribution in [0, 0.1) is 6.92 Å². The molecule has 1 fully saturated rings. The van der Waals surface area contributed by atoms with Gasteiger partial charge in [0.05, 0.1) is 17.7 Å². The van der Waals surface area contributed by atoms with Gasteiger partial charge in [0, 0.05) is 0 Å². The van der Waals surface area contributed by atoms with E-state index >= 15 is 0 Å². The summed E-state index contributed by atoms with van der Waals surface area (Å²) in [5, 5.41) is 29.7. The van der Waals surface area contributed by atoms with E-state index in [2.05, 4.69) is 19.2 Å². The van der Waals surface area contributed by atoms with Crippen molar-refractivity contribution in [3.05, 3.63) is 12.0 Å². The fraction of sp³-hybridized carbons (Fsp3) is 0.545. The molecule has 3 rings (SSSR count). The molecule has 13 heteroatoms. The number of hydrogen-bond acceptors (Lipinski definition) is 10. The maximum Gasteiger partial charge on any atom is 0.333 e. The summed E-state index contributed by atoms with van der Waals surface area (Å²) in [4.78, 5) is 7.94. The Hall–Kier alpha value is -1.90. The SMILES string of the molecule is Cc1nn([C@@H]2OC(COS(N)(=O)=O)[C@@H](O)[C@H]2O)c2ncnc(N)c12. The van der Waals surface area contributed by atoms with E-state index in [0.29, 0.717) is 16.7 Å². The minimum atomic E-state index is -4.20. The van der Waals surface area contributed by atoms with Gasteiger partial charge in [0.25, 0.3) is 0 Å². The van der Waals surface area contributed by atoms with Crippen LogP contribution in [0.25, 0.3) is 11.0 Å². The average Bonchev–Trinajstić information content (AvgIpc) is 2.96. The van der Waals surface area contributed by atoms with Crippen molar-refractivity contribution in [2.45, 2.75) is 31.5 Å². The Morgan fingerprint density at radius 2 is 2.08 bits per heavy atom. The van der Waals surface area contributed by atoms with E-state index in [9.17, 15) is 18.6 Å². The number of aliphatic hydroxyl groups excluding tert-OH is 2. The minimum absolute atomic E-state index is 0.214. The number of nitrogen functional groups attached to an aromatic ring is 1. The molecule has 24 heavy (non-hydrogen) atoms. The summed E-state index contributed by atoms with van der Waals surface area (Å²) in [6.07, 6.45) is -3.80. The van der Waals surface area contributed by atoms with Gasteiger partial charge in [-0.2, -0.15) is 13.5 Å². The number of nitrogens with two attached hydrogens (primary N) is 2. The van der Waals surface area contributed by atoms with Crippen LogP contribution in [0.1, 0.15) is 11.9 Å². The van der Waals surface area contributed by atoms with Gasteiger partial charge in [-0.3, -0.25) is 4.18 Å². The molecule has 0 spiro atoms. The quantitative estimate of drug-likeness (QED) is 0.455. The average molecular weight is 360 g/mol. The first kappa shape index (κ1) is 16.9. The van der Waals surface area contributed by atoms with Crippen molar-refractivity contribution in [1.82, 2.24) is 19.7 Å². The molecule has 1 aliphatic heterocycles. The number of fused-ring (bicyclic) bond motifs is 1. The van der Waals surface area contributed by atoms with Gasteiger partial charge in [0.2, 0.25) is 0 Å². The van der Waals surface area contributed by atoms with Crippen molar-refractivity contribution in [1.29, 1.82) is 0 Å². The Bertz CT molecular complexity index is 869. The number of aryl methyl sites for hydroxylation is 1. The molecule has 1 saturated heterocycles. The second-order valence-corrected chi connectivity index (χ2v) is 6.53. The summed E-state index contributed by atoms with van der Waals surface area (Å²) < 4.78 is 32.8. The van der Waals surface area contributed by atoms with Gasteiger partial charge in [0.1, 0.15) is 30.5 Å². The van der Waals surface area contributed by atoms with E-state index in [1.807, 2.05) is 0 Å². The Morgan fingerprint density at radius 3 is 2.75 bits per heavy atom. The molecule has 0 radical (unpaired) electrons. The molecular weight excluding hydrogens is 344 g/mol. The van der Waals surface area contributed by atoms with Crippen molar-refractivity contribution < 1.29 is 27.6 Å². The topological polar surface area (TPSA) is 189 Å². The molecule has 6 N–H and O–H groups in total. The normalized spacial score (nSPS) is 27.8. The Balaban J connectivity index is 1.92. The van der Waals surface area contributed by atoms with Gasteiger partial charge >= 0.3 is 10.3 Å². The van der Waals surface area contributed by atoms with Crippen LogP contribution in [-0.2, 0) is 19.2 Å². The molecule has 4 atom stereocenters. The second kappa shape index (κ2) is 5.87. The summed E-state index contributed by atoms with van der Waals surface area (Å²) in [6.45, 7) is 1.13. The molecule has 0 bridgehead atoms. The monoisotopic (exact) mass is 360 g/mol. The summed E-state index contributed by atoms with van der Waals surface area (Å²) >= 11 is 0. The van der Waals surface area contributed by atoms with Crippen molar-refractivity contribution in [2.24, 2.45) is 5.14 Å². The van der Waals surface area contributed by atoms with Crippen LogP contribution in [0.4, 0.5) is 5.82 Å². The lowest BCUT2D eigenvalue weighted by molar-refractivity contribution is -0.0527. The predicted octanol–water partition coefficient (Wildman–Crippen LogP) is -2.44. The largest absolute Gasteiger partial charge is 0.387 e. The summed E-state index contributed by atoms with van der Waals surface area (Å²) in [7, 11) is -4.20. The third kappa shape index (κ3) is 2.92. The highest BCUT2D eigenvalue weighted by Gasteiger charge is 2.45. The number of anilines is 1. The highest BCUT2D eigenvalue weighted by atomic mass is 32.2. The van der Waals surface area contributed by atoms with Gasteiger partial charge in [-0.1, -0.05) is 0 Å². The van der Waals surface area contributed by atoms with Crippen molar-refractivity contribution in [3.8, 4) is 0 Å². The number of nitrogens with zero attached hydrogens (tertiary/aromatic N) is 4. The molecule has 132 valence electrons. The van der Waals surface area contributed by atoms with E-state index in [1.54, 1.807) is 6.92 Å². The molecule has 0 aliphatic carbocycles. The van der Waals surface area contributed by atoms with Crippen molar-refractivity contribution in [3.63, 3.8) is 0 Å². The molecule has 3 heterocycles. The highest BCUT2D eigenvalue weighted by Crippen LogP contribution is 2.33. The van der Waals surface area contributed by atoms with Crippen LogP contribution in [0.2, 0.25) is 0 Å². The van der Waals surface area contributed by atoms with Gasteiger partial charge in [-0.05, 0) is 6.92 Å². The van der Waals surface area contributed by atoms with Gasteiger partial charge in [0.15, 0.2) is 11.9 Å². The first-order valence-electron chi connectivity index (χ1n) is 6.83. The second-order valence-electron chi connectivity index (χ2n) is 5.31. The number of aromatic nitrogens is 4. The summed E-state index contributed by atoms with van der Waals surface area (Å²) in [5.41, 5.74) is 6.62. The Morgan fingerprint density at radius 1 is 1.38 bits per heavy atom. The fourth-order valence-electron chi connectivity index (χ4n) is 2.58. The van der Waals surface area contributed by atoms with Crippen LogP contribution in [0.5, 0.6) is 0 Å². The Kier molecular flexibility index (Phi) is 4.15. The molecule has 0 aromatic carbocycles. The molecule has 0 saturated carbocycles. The Labute approximate surface area is 136 Å². The lowest BCUT2D eigenvalue weighted by Crippen LogP contribution is -2.35. The summed E-state index contributed by atoms with van der Waals surface area (Å²) in [6, 6.07) is 0. The van der Waals surface area contributed by atoms with Crippen LogP contribution in [0.3, 0.4) is 0 Å². The fourth-order valence-corrected chi connectivity index (χ4v) is 2.90. The highest BCUT2D eigenvalue weighted by molar-refractivity contribution is 7.84. The van der Waals surface area contributed by atoms with Crippen LogP contribution < -0.4 is 10.9 Å². The lowest BCUT2D eigenvalue weighted by atomic mass is 10.1. The smallest absolute Gasteiger partial charge is 0.333 e. The van der Waals surface area contributed by atoms with Gasteiger partial charge in [-0.15, -0.1) is 0 Å². The predicted molar refractivity (Wildman–Crippen MR) is 79.5 cm³/mol. The standard InChI is InChI=1S/C11H16N6O6S/c1-4-6-9(12)14-3-15-10(6)17(16-4)11-8(19)7(18)5(23-11)2-22-24(13,20)21/h3,5,7-8,11,18-19H,2H2,1H3,(H2,12,14,15)(H2,13,20,21)/t5?,7-,8-,11-/m1/s1. The summed E-state index contributed by atoms with van der Waals surface area (Å²) in [5.74, 6) is 0.214. The zero-order valence-electron chi connectivity index (χ0n) is 12.5. The third-order valence-corrected chi connectivity index (χ3v) is 4.13. The molecular formula is C11H16N6O6S. The number of rotatable bonds is 4. The molecule has 2 aromatic rings. The minimum Gasteiger partial charge on any atom is -0.387 e. The van der Waals surface area contributed by atoms with Crippen LogP contribution in [0.15, 0.2) is 6.33 Å². The number of aliphatic hydroxyl groups is 2. The zero-order chi connectivity index (χ0) is 17.6. The lowest BCUT2D eigenvalue weighted by Gasteiger charge is -2.15. The van der Waals surface area contributed by atoms with E-state index in [-0.39, 0.29) is 5.82 Å². The van der Waals surface area contributed by atoms with Crippen LogP contribution >= 0.6 is 0 Å². The zero-order valence-corrected chi connectivity index (χ0v) is 13.3. The van der Waals surface area contributed by atoms with Crippen LogP contribution in [-0.4, -0.2) is 63.3 Å². The van der Waals surface area contributed by atoms with E-state index in [4.69, 9.17) is 15.6 Å².